The van der Waals surface area contributed by atoms with Crippen LogP contribution in [0.5, 0.6) is 0 Å². The molecule has 0 amide bonds. The van der Waals surface area contributed by atoms with Gasteiger partial charge in [-0.25, -0.2) is 0 Å². The van der Waals surface area contributed by atoms with Crippen LogP contribution in [-0.2, 0) is 0 Å². The van der Waals surface area contributed by atoms with Gasteiger partial charge in [0.15, 0.2) is 0 Å². The molecule has 8 nitrogen and oxygen atoms in total. The van der Waals surface area contributed by atoms with E-state index >= 15 is 0 Å². The van der Waals surface area contributed by atoms with Crippen molar-refractivity contribution in [3.8, 4) is 17.5 Å². The second-order valence-corrected chi connectivity index (χ2v) is 8.36. The molecule has 2 aromatic carbocycles. The summed E-state index contributed by atoms with van der Waals surface area (Å²) in [5.41, 5.74) is 1.15. The number of oxazole rings is 1. The van der Waals surface area contributed by atoms with E-state index in [1.807, 2.05) is 30.3 Å². The zero-order valence-corrected chi connectivity index (χ0v) is 18.8. The third-order valence-electron chi connectivity index (χ3n) is 5.87. The maximum Gasteiger partial charge on any atom is 0.282 e. The fourth-order valence-corrected chi connectivity index (χ4v) is 4.48. The molecule has 4 rings (SSSR count). The maximum absolute atomic E-state index is 11.4. The molecular formula is C24H24ClN5O3. The standard InChI is InChI=1S/C24H24ClN5O3/c25-19-11-5-3-9-17(19)22(29-13-7-1-2-8-14-29)16-27-24-20(15-26)28-23(33-24)18-10-4-6-12-21(18)30(31)32/h3-6,9-12,22,27H,1-2,7-8,13-14,16H2. The molecule has 0 spiro atoms. The van der Waals surface area contributed by atoms with Crippen LogP contribution in [0.2, 0.25) is 5.02 Å². The Kier molecular flexibility index (Phi) is 7.23. The SMILES string of the molecule is N#Cc1nc(-c2ccccc2[N+](=O)[O-])oc1NCC(c1ccccc1Cl)N1CCCCCC1. The van der Waals surface area contributed by atoms with Gasteiger partial charge < -0.3 is 9.73 Å². The molecule has 3 aromatic rings. The molecule has 1 saturated heterocycles. The highest BCUT2D eigenvalue weighted by atomic mass is 35.5. The molecule has 1 unspecified atom stereocenters. The number of halogens is 1. The molecule has 1 fully saturated rings. The van der Waals surface area contributed by atoms with Crippen LogP contribution in [0.3, 0.4) is 0 Å². The molecule has 0 saturated carbocycles. The number of nitrogens with zero attached hydrogens (tertiary/aromatic N) is 4. The molecular weight excluding hydrogens is 442 g/mol. The summed E-state index contributed by atoms with van der Waals surface area (Å²) in [6, 6.07) is 15.9. The van der Waals surface area contributed by atoms with Crippen LogP contribution in [0.4, 0.5) is 11.6 Å². The minimum Gasteiger partial charge on any atom is -0.419 e. The monoisotopic (exact) mass is 465 g/mol. The number of anilines is 1. The Hall–Kier alpha value is -3.41. The summed E-state index contributed by atoms with van der Waals surface area (Å²) in [4.78, 5) is 17.5. The van der Waals surface area contributed by atoms with Gasteiger partial charge in [0.05, 0.1) is 11.0 Å². The predicted octanol–water partition coefficient (Wildman–Crippen LogP) is 5.80. The number of nitriles is 1. The van der Waals surface area contributed by atoms with E-state index in [9.17, 15) is 15.4 Å². The number of hydrogen-bond donors (Lipinski definition) is 1. The van der Waals surface area contributed by atoms with Gasteiger partial charge in [-0.15, -0.1) is 0 Å². The smallest absolute Gasteiger partial charge is 0.282 e. The topological polar surface area (TPSA) is 108 Å². The second-order valence-electron chi connectivity index (χ2n) is 7.95. The molecule has 2 heterocycles. The van der Waals surface area contributed by atoms with E-state index in [0.29, 0.717) is 11.6 Å². The summed E-state index contributed by atoms with van der Waals surface area (Å²) in [7, 11) is 0. The molecule has 0 radical (unpaired) electrons. The summed E-state index contributed by atoms with van der Waals surface area (Å²) in [6.07, 6.45) is 4.65. The van der Waals surface area contributed by atoms with Crippen molar-refractivity contribution in [2.75, 3.05) is 25.0 Å². The van der Waals surface area contributed by atoms with E-state index < -0.39 is 4.92 Å². The zero-order valence-electron chi connectivity index (χ0n) is 18.0. The lowest BCUT2D eigenvalue weighted by atomic mass is 10.0. The number of nitro benzene ring substituents is 1. The Morgan fingerprint density at radius 2 is 1.85 bits per heavy atom. The van der Waals surface area contributed by atoms with Crippen LogP contribution in [0.25, 0.3) is 11.5 Å². The molecule has 1 aliphatic heterocycles. The third-order valence-corrected chi connectivity index (χ3v) is 6.21. The van der Waals surface area contributed by atoms with Crippen molar-refractivity contribution < 1.29 is 9.34 Å². The van der Waals surface area contributed by atoms with Gasteiger partial charge >= 0.3 is 0 Å². The van der Waals surface area contributed by atoms with E-state index in [-0.39, 0.29) is 34.8 Å². The van der Waals surface area contributed by atoms with E-state index in [2.05, 4.69) is 15.2 Å². The number of aromatic nitrogens is 1. The van der Waals surface area contributed by atoms with Crippen LogP contribution in [-0.4, -0.2) is 34.4 Å². The van der Waals surface area contributed by atoms with Gasteiger partial charge in [-0.3, -0.25) is 15.0 Å². The Balaban J connectivity index is 1.63. The molecule has 9 heteroatoms. The minimum atomic E-state index is -0.495. The maximum atomic E-state index is 11.4. The molecule has 0 aliphatic carbocycles. The fraction of sp³-hybridized carbons (Fsp3) is 0.333. The average molecular weight is 466 g/mol. The summed E-state index contributed by atoms with van der Waals surface area (Å²) >= 11 is 6.54. The van der Waals surface area contributed by atoms with Gasteiger partial charge in [-0.05, 0) is 43.6 Å². The lowest BCUT2D eigenvalue weighted by molar-refractivity contribution is -0.384. The molecule has 1 aromatic heterocycles. The third kappa shape index (κ3) is 5.16. The predicted molar refractivity (Wildman–Crippen MR) is 126 cm³/mol. The van der Waals surface area contributed by atoms with Crippen molar-refractivity contribution in [1.29, 1.82) is 5.26 Å². The Morgan fingerprint density at radius 1 is 1.15 bits per heavy atom. The van der Waals surface area contributed by atoms with Crippen molar-refractivity contribution in [1.82, 2.24) is 9.88 Å². The molecule has 0 bridgehead atoms. The van der Waals surface area contributed by atoms with E-state index in [0.717, 1.165) is 31.5 Å². The Morgan fingerprint density at radius 3 is 2.55 bits per heavy atom. The number of nitrogens with one attached hydrogen (secondary N) is 1. The van der Waals surface area contributed by atoms with Gasteiger partial charge in [-0.2, -0.15) is 10.2 Å². The number of hydrogen-bond acceptors (Lipinski definition) is 7. The minimum absolute atomic E-state index is 0.0250. The highest BCUT2D eigenvalue weighted by Gasteiger charge is 2.26. The highest BCUT2D eigenvalue weighted by Crippen LogP contribution is 2.34. The first-order valence-electron chi connectivity index (χ1n) is 11.0. The van der Waals surface area contributed by atoms with Crippen molar-refractivity contribution in [3.05, 3.63) is 74.9 Å². The number of rotatable bonds is 7. The van der Waals surface area contributed by atoms with Crippen LogP contribution in [0.15, 0.2) is 52.9 Å². The number of benzene rings is 2. The van der Waals surface area contributed by atoms with Gasteiger partial charge in [-0.1, -0.05) is 54.8 Å². The first-order valence-corrected chi connectivity index (χ1v) is 11.3. The van der Waals surface area contributed by atoms with E-state index in [1.54, 1.807) is 18.2 Å². The molecule has 33 heavy (non-hydrogen) atoms. The molecule has 1 N–H and O–H groups in total. The highest BCUT2D eigenvalue weighted by molar-refractivity contribution is 6.31. The van der Waals surface area contributed by atoms with E-state index in [4.69, 9.17) is 16.0 Å². The first-order chi connectivity index (χ1) is 16.1. The summed E-state index contributed by atoms with van der Waals surface area (Å²) in [5.74, 6) is 0.225. The van der Waals surface area contributed by atoms with Crippen LogP contribution in [0.1, 0.15) is 43.0 Å². The number of para-hydroxylation sites is 1. The summed E-state index contributed by atoms with van der Waals surface area (Å²) in [6.45, 7) is 2.37. The molecule has 1 atom stereocenters. The van der Waals surface area contributed by atoms with Gasteiger partial charge in [0, 0.05) is 17.6 Å². The van der Waals surface area contributed by atoms with Crippen LogP contribution < -0.4 is 5.32 Å². The van der Waals surface area contributed by atoms with E-state index in [1.165, 1.54) is 18.9 Å². The lowest BCUT2D eigenvalue weighted by Crippen LogP contribution is -2.34. The quantitative estimate of drug-likeness (QED) is 0.346. The van der Waals surface area contributed by atoms with Gasteiger partial charge in [0.1, 0.15) is 11.6 Å². The fourth-order valence-electron chi connectivity index (χ4n) is 4.22. The Bertz CT molecular complexity index is 1160. The first kappa shape index (κ1) is 22.8. The van der Waals surface area contributed by atoms with Gasteiger partial charge in [0.2, 0.25) is 17.5 Å². The largest absolute Gasteiger partial charge is 0.419 e. The van der Waals surface area contributed by atoms with Crippen LogP contribution in [0, 0.1) is 21.4 Å². The number of likely N-dealkylation sites (tertiary alicyclic amines) is 1. The summed E-state index contributed by atoms with van der Waals surface area (Å²) in [5, 5.41) is 24.9. The van der Waals surface area contributed by atoms with Gasteiger partial charge in [0.25, 0.3) is 5.69 Å². The van der Waals surface area contributed by atoms with Crippen LogP contribution >= 0.6 is 11.6 Å². The second kappa shape index (κ2) is 10.5. The zero-order chi connectivity index (χ0) is 23.2. The summed E-state index contributed by atoms with van der Waals surface area (Å²) < 4.78 is 5.81. The van der Waals surface area contributed by atoms with Crippen molar-refractivity contribution in [3.63, 3.8) is 0 Å². The van der Waals surface area contributed by atoms with Crippen molar-refractivity contribution in [2.45, 2.75) is 31.7 Å². The Labute approximate surface area is 196 Å². The molecule has 1 aliphatic rings. The molecule has 170 valence electrons. The normalized spacial score (nSPS) is 15.4. The van der Waals surface area contributed by atoms with Crippen molar-refractivity contribution >= 4 is 23.2 Å². The number of nitro groups is 1. The average Bonchev–Trinajstić information content (AvgIpc) is 3.05. The van der Waals surface area contributed by atoms with Crippen molar-refractivity contribution in [2.24, 2.45) is 0 Å². The lowest BCUT2D eigenvalue weighted by Gasteiger charge is -2.31.